The number of rotatable bonds is 2. The second-order valence-electron chi connectivity index (χ2n) is 4.17. The Morgan fingerprint density at radius 3 is 2.94 bits per heavy atom. The Kier molecular flexibility index (Phi) is 2.31. The molecule has 0 aliphatic carbocycles. The van der Waals surface area contributed by atoms with Crippen molar-refractivity contribution >= 4 is 10.9 Å². The van der Waals surface area contributed by atoms with Crippen LogP contribution in [-0.4, -0.2) is 20.2 Å². The van der Waals surface area contributed by atoms with Gasteiger partial charge in [0.25, 0.3) is 5.89 Å². The highest BCUT2D eigenvalue weighted by Gasteiger charge is 2.14. The fourth-order valence-corrected chi connectivity index (χ4v) is 1.78. The van der Waals surface area contributed by atoms with E-state index < -0.39 is 0 Å². The lowest BCUT2D eigenvalue weighted by Gasteiger charge is -1.92. The molecule has 0 spiro atoms. The second kappa shape index (κ2) is 3.85. The van der Waals surface area contributed by atoms with Gasteiger partial charge in [0, 0.05) is 10.9 Å². The highest BCUT2D eigenvalue weighted by molar-refractivity contribution is 5.89. The van der Waals surface area contributed by atoms with Crippen LogP contribution in [0.2, 0.25) is 0 Å². The maximum absolute atomic E-state index is 9.72. The average molecular weight is 244 g/mol. The summed E-state index contributed by atoms with van der Waals surface area (Å²) in [7, 11) is 0. The molecule has 0 aliphatic heterocycles. The van der Waals surface area contributed by atoms with Crippen LogP contribution < -0.4 is 5.73 Å². The van der Waals surface area contributed by atoms with Crippen LogP contribution in [0.5, 0.6) is 5.75 Å². The van der Waals surface area contributed by atoms with Crippen molar-refractivity contribution in [3.8, 4) is 17.3 Å². The van der Waals surface area contributed by atoms with Crippen LogP contribution >= 0.6 is 0 Å². The first-order valence-electron chi connectivity index (χ1n) is 5.55. The zero-order valence-electron chi connectivity index (χ0n) is 9.71. The number of phenols is 1. The van der Waals surface area contributed by atoms with Gasteiger partial charge in [-0.25, -0.2) is 0 Å². The SMILES string of the molecule is CC(N)c1noc(-c2cc3c(O)cccc3[nH]2)n1. The molecule has 2 heterocycles. The summed E-state index contributed by atoms with van der Waals surface area (Å²) in [6.07, 6.45) is 0. The van der Waals surface area contributed by atoms with Crippen LogP contribution in [-0.2, 0) is 0 Å². The van der Waals surface area contributed by atoms with Gasteiger partial charge in [-0.3, -0.25) is 0 Å². The lowest BCUT2D eigenvalue weighted by Crippen LogP contribution is -2.06. The van der Waals surface area contributed by atoms with Gasteiger partial charge in [-0.1, -0.05) is 11.2 Å². The van der Waals surface area contributed by atoms with Gasteiger partial charge < -0.3 is 20.3 Å². The van der Waals surface area contributed by atoms with Gasteiger partial charge in [0.05, 0.1) is 6.04 Å². The molecule has 6 nitrogen and oxygen atoms in total. The summed E-state index contributed by atoms with van der Waals surface area (Å²) < 4.78 is 5.13. The molecule has 4 N–H and O–H groups in total. The molecule has 0 saturated heterocycles. The van der Waals surface area contributed by atoms with E-state index in [9.17, 15) is 5.11 Å². The highest BCUT2D eigenvalue weighted by Crippen LogP contribution is 2.29. The lowest BCUT2D eigenvalue weighted by atomic mass is 10.2. The summed E-state index contributed by atoms with van der Waals surface area (Å²) in [5.41, 5.74) is 7.14. The summed E-state index contributed by atoms with van der Waals surface area (Å²) in [6.45, 7) is 1.78. The van der Waals surface area contributed by atoms with Crippen molar-refractivity contribution in [3.63, 3.8) is 0 Å². The van der Waals surface area contributed by atoms with E-state index in [0.717, 1.165) is 5.52 Å². The van der Waals surface area contributed by atoms with E-state index >= 15 is 0 Å². The first-order valence-corrected chi connectivity index (χ1v) is 5.55. The Labute approximate surface area is 102 Å². The zero-order chi connectivity index (χ0) is 12.7. The quantitative estimate of drug-likeness (QED) is 0.639. The minimum absolute atomic E-state index is 0.210. The monoisotopic (exact) mass is 244 g/mol. The number of benzene rings is 1. The van der Waals surface area contributed by atoms with E-state index in [1.807, 2.05) is 6.07 Å². The third-order valence-corrected chi connectivity index (χ3v) is 2.72. The maximum Gasteiger partial charge on any atom is 0.274 e. The molecule has 0 fully saturated rings. The third kappa shape index (κ3) is 1.63. The Morgan fingerprint density at radius 2 is 2.28 bits per heavy atom. The van der Waals surface area contributed by atoms with E-state index in [0.29, 0.717) is 22.8 Å². The number of aromatic nitrogens is 3. The van der Waals surface area contributed by atoms with Crippen molar-refractivity contribution in [1.82, 2.24) is 15.1 Å². The number of hydrogen-bond acceptors (Lipinski definition) is 5. The molecule has 92 valence electrons. The molecule has 1 atom stereocenters. The fourth-order valence-electron chi connectivity index (χ4n) is 1.78. The summed E-state index contributed by atoms with van der Waals surface area (Å²) in [4.78, 5) is 7.30. The number of H-pyrrole nitrogens is 1. The van der Waals surface area contributed by atoms with Crippen LogP contribution in [0.3, 0.4) is 0 Å². The first-order chi connectivity index (χ1) is 8.65. The van der Waals surface area contributed by atoms with Crippen LogP contribution in [0, 0.1) is 0 Å². The number of phenolic OH excluding ortho intramolecular Hbond substituents is 1. The van der Waals surface area contributed by atoms with E-state index in [1.165, 1.54) is 0 Å². The van der Waals surface area contributed by atoms with Crippen molar-refractivity contribution in [1.29, 1.82) is 0 Å². The predicted octanol–water partition coefficient (Wildman–Crippen LogP) is 1.94. The number of fused-ring (bicyclic) bond motifs is 1. The van der Waals surface area contributed by atoms with E-state index in [-0.39, 0.29) is 11.8 Å². The van der Waals surface area contributed by atoms with Crippen molar-refractivity contribution < 1.29 is 9.63 Å². The Bertz CT molecular complexity index is 699. The zero-order valence-corrected chi connectivity index (χ0v) is 9.71. The normalized spacial score (nSPS) is 13.0. The van der Waals surface area contributed by atoms with E-state index in [4.69, 9.17) is 10.3 Å². The predicted molar refractivity (Wildman–Crippen MR) is 65.9 cm³/mol. The molecule has 0 amide bonds. The number of nitrogens with two attached hydrogens (primary N) is 1. The highest BCUT2D eigenvalue weighted by atomic mass is 16.5. The third-order valence-electron chi connectivity index (χ3n) is 2.72. The van der Waals surface area contributed by atoms with Gasteiger partial charge in [-0.15, -0.1) is 0 Å². The summed E-state index contributed by atoms with van der Waals surface area (Å²) >= 11 is 0. The van der Waals surface area contributed by atoms with Crippen molar-refractivity contribution in [2.75, 3.05) is 0 Å². The largest absolute Gasteiger partial charge is 0.507 e. The molecule has 3 rings (SSSR count). The summed E-state index contributed by atoms with van der Waals surface area (Å²) in [5, 5.41) is 14.2. The minimum Gasteiger partial charge on any atom is -0.507 e. The molecule has 0 saturated carbocycles. The van der Waals surface area contributed by atoms with Crippen molar-refractivity contribution in [2.24, 2.45) is 5.73 Å². The Hall–Kier alpha value is -2.34. The number of nitrogens with zero attached hydrogens (tertiary/aromatic N) is 2. The van der Waals surface area contributed by atoms with Crippen molar-refractivity contribution in [3.05, 3.63) is 30.1 Å². The topological polar surface area (TPSA) is 101 Å². The average Bonchev–Trinajstić information content (AvgIpc) is 2.95. The molecule has 3 aromatic rings. The van der Waals surface area contributed by atoms with Gasteiger partial charge >= 0.3 is 0 Å². The first kappa shape index (κ1) is 10.8. The number of aromatic hydroxyl groups is 1. The molecule has 0 radical (unpaired) electrons. The summed E-state index contributed by atoms with van der Waals surface area (Å²) in [5.74, 6) is 1.02. The molecule has 0 bridgehead atoms. The standard InChI is InChI=1S/C12H12N4O2/c1-6(13)11-15-12(18-16-11)9-5-7-8(14-9)3-2-4-10(7)17/h2-6,14,17H,13H2,1H3. The van der Waals surface area contributed by atoms with Gasteiger partial charge in [0.2, 0.25) is 0 Å². The van der Waals surface area contributed by atoms with Gasteiger partial charge in [-0.05, 0) is 25.1 Å². The smallest absolute Gasteiger partial charge is 0.274 e. The summed E-state index contributed by atoms with van der Waals surface area (Å²) in [6, 6.07) is 6.74. The Morgan fingerprint density at radius 1 is 1.44 bits per heavy atom. The van der Waals surface area contributed by atoms with Gasteiger partial charge in [0.1, 0.15) is 11.4 Å². The molecule has 1 aromatic carbocycles. The molecular weight excluding hydrogens is 232 g/mol. The fraction of sp³-hybridized carbons (Fsp3) is 0.167. The van der Waals surface area contributed by atoms with Crippen molar-refractivity contribution in [2.45, 2.75) is 13.0 Å². The van der Waals surface area contributed by atoms with Gasteiger partial charge in [-0.2, -0.15) is 4.98 Å². The number of hydrogen-bond donors (Lipinski definition) is 3. The molecule has 2 aromatic heterocycles. The maximum atomic E-state index is 9.72. The second-order valence-corrected chi connectivity index (χ2v) is 4.17. The van der Waals surface area contributed by atoms with Crippen LogP contribution in [0.1, 0.15) is 18.8 Å². The number of nitrogens with one attached hydrogen (secondary N) is 1. The van der Waals surface area contributed by atoms with Gasteiger partial charge in [0.15, 0.2) is 5.82 Å². The molecule has 18 heavy (non-hydrogen) atoms. The lowest BCUT2D eigenvalue weighted by molar-refractivity contribution is 0.417. The van der Waals surface area contributed by atoms with E-state index in [2.05, 4.69) is 15.1 Å². The minimum atomic E-state index is -0.278. The molecule has 6 heteroatoms. The molecule has 0 aliphatic rings. The van der Waals surface area contributed by atoms with Crippen LogP contribution in [0.25, 0.3) is 22.5 Å². The van der Waals surface area contributed by atoms with Crippen LogP contribution in [0.4, 0.5) is 0 Å². The van der Waals surface area contributed by atoms with E-state index in [1.54, 1.807) is 25.1 Å². The van der Waals surface area contributed by atoms with Crippen LogP contribution in [0.15, 0.2) is 28.8 Å². The molecule has 1 unspecified atom stereocenters. The Balaban J connectivity index is 2.10. The number of aromatic amines is 1. The molecular formula is C12H12N4O2.